The average Bonchev–Trinajstić information content (AvgIpc) is 2.66. The second-order valence-electron chi connectivity index (χ2n) is 3.06. The molecule has 1 saturated carbocycles. The fourth-order valence-corrected chi connectivity index (χ4v) is 1.03. The second-order valence-corrected chi connectivity index (χ2v) is 3.06. The van der Waals surface area contributed by atoms with Crippen molar-refractivity contribution in [2.75, 3.05) is 6.61 Å². The molecule has 1 aliphatic rings. The molecule has 1 rings (SSSR count). The molecular formula is C8H14O3. The largest absolute Gasteiger partial charge is 0.481 e. The first-order valence-corrected chi connectivity index (χ1v) is 4.03. The van der Waals surface area contributed by atoms with E-state index in [2.05, 4.69) is 0 Å². The molecule has 1 aliphatic carbocycles. The summed E-state index contributed by atoms with van der Waals surface area (Å²) in [5.41, 5.74) is 0. The summed E-state index contributed by atoms with van der Waals surface area (Å²) in [7, 11) is 0. The average molecular weight is 158 g/mol. The van der Waals surface area contributed by atoms with E-state index in [0.29, 0.717) is 12.5 Å². The fourth-order valence-electron chi connectivity index (χ4n) is 1.03. The van der Waals surface area contributed by atoms with Crippen molar-refractivity contribution in [2.45, 2.75) is 32.3 Å². The minimum Gasteiger partial charge on any atom is -0.481 e. The van der Waals surface area contributed by atoms with Crippen LogP contribution in [0.25, 0.3) is 0 Å². The van der Waals surface area contributed by atoms with Gasteiger partial charge in [-0.2, -0.15) is 0 Å². The molecule has 11 heavy (non-hydrogen) atoms. The molecule has 0 aromatic rings. The van der Waals surface area contributed by atoms with Crippen molar-refractivity contribution < 1.29 is 14.6 Å². The monoisotopic (exact) mass is 158 g/mol. The van der Waals surface area contributed by atoms with E-state index in [4.69, 9.17) is 9.84 Å². The molecule has 1 unspecified atom stereocenters. The molecule has 1 N–H and O–H groups in total. The van der Waals surface area contributed by atoms with Gasteiger partial charge in [0.25, 0.3) is 0 Å². The van der Waals surface area contributed by atoms with Crippen molar-refractivity contribution in [3.63, 3.8) is 0 Å². The summed E-state index contributed by atoms with van der Waals surface area (Å²) in [6, 6.07) is 0. The van der Waals surface area contributed by atoms with Crippen LogP contribution in [0.2, 0.25) is 0 Å². The first-order chi connectivity index (χ1) is 5.20. The number of ether oxygens (including phenoxy) is 1. The SMILES string of the molecule is CC(OCCC(=O)O)C1CC1. The Morgan fingerprint density at radius 2 is 2.36 bits per heavy atom. The number of hydrogen-bond acceptors (Lipinski definition) is 2. The van der Waals surface area contributed by atoms with Gasteiger partial charge in [-0.15, -0.1) is 0 Å². The van der Waals surface area contributed by atoms with Gasteiger partial charge >= 0.3 is 5.97 Å². The summed E-state index contributed by atoms with van der Waals surface area (Å²) in [6.07, 6.45) is 2.87. The molecule has 0 spiro atoms. The van der Waals surface area contributed by atoms with Crippen LogP contribution in [0, 0.1) is 5.92 Å². The highest BCUT2D eigenvalue weighted by atomic mass is 16.5. The van der Waals surface area contributed by atoms with Crippen molar-refractivity contribution in [1.29, 1.82) is 0 Å². The van der Waals surface area contributed by atoms with Crippen molar-refractivity contribution in [2.24, 2.45) is 5.92 Å². The number of carboxylic acid groups (broad SMARTS) is 1. The standard InChI is InChI=1S/C8H14O3/c1-6(7-2-3-7)11-5-4-8(9)10/h6-7H,2-5H2,1H3,(H,9,10). The lowest BCUT2D eigenvalue weighted by Gasteiger charge is -2.09. The van der Waals surface area contributed by atoms with Crippen LogP contribution in [0.3, 0.4) is 0 Å². The van der Waals surface area contributed by atoms with Crippen molar-refractivity contribution in [3.8, 4) is 0 Å². The minimum atomic E-state index is -0.784. The molecular weight excluding hydrogens is 144 g/mol. The van der Waals surface area contributed by atoms with E-state index < -0.39 is 5.97 Å². The van der Waals surface area contributed by atoms with Crippen molar-refractivity contribution >= 4 is 5.97 Å². The lowest BCUT2D eigenvalue weighted by molar-refractivity contribution is -0.138. The highest BCUT2D eigenvalue weighted by Gasteiger charge is 2.28. The van der Waals surface area contributed by atoms with E-state index >= 15 is 0 Å². The molecule has 0 aliphatic heterocycles. The van der Waals surface area contributed by atoms with E-state index in [1.54, 1.807) is 0 Å². The van der Waals surface area contributed by atoms with E-state index in [0.717, 1.165) is 0 Å². The van der Waals surface area contributed by atoms with E-state index in [1.165, 1.54) is 12.8 Å². The van der Waals surface area contributed by atoms with Gasteiger partial charge in [0.15, 0.2) is 0 Å². The van der Waals surface area contributed by atoms with Crippen molar-refractivity contribution in [3.05, 3.63) is 0 Å². The maximum Gasteiger partial charge on any atom is 0.305 e. The Morgan fingerprint density at radius 1 is 1.73 bits per heavy atom. The first-order valence-electron chi connectivity index (χ1n) is 4.03. The minimum absolute atomic E-state index is 0.122. The van der Waals surface area contributed by atoms with Gasteiger partial charge in [-0.1, -0.05) is 0 Å². The van der Waals surface area contributed by atoms with Gasteiger partial charge in [-0.25, -0.2) is 0 Å². The Labute approximate surface area is 66.4 Å². The lowest BCUT2D eigenvalue weighted by atomic mass is 10.3. The molecule has 3 nitrogen and oxygen atoms in total. The molecule has 3 heteroatoms. The summed E-state index contributed by atoms with van der Waals surface area (Å²) in [5.74, 6) is -0.0863. The number of rotatable bonds is 5. The fraction of sp³-hybridized carbons (Fsp3) is 0.875. The zero-order valence-corrected chi connectivity index (χ0v) is 6.75. The van der Waals surface area contributed by atoms with Crippen LogP contribution in [0.1, 0.15) is 26.2 Å². The van der Waals surface area contributed by atoms with Crippen LogP contribution in [0.5, 0.6) is 0 Å². The molecule has 1 fully saturated rings. The van der Waals surface area contributed by atoms with Crippen LogP contribution in [0.15, 0.2) is 0 Å². The summed E-state index contributed by atoms with van der Waals surface area (Å²) in [4.78, 5) is 10.1. The Kier molecular flexibility index (Phi) is 2.88. The van der Waals surface area contributed by atoms with Gasteiger partial charge < -0.3 is 9.84 Å². The summed E-state index contributed by atoms with van der Waals surface area (Å²) in [6.45, 7) is 2.37. The van der Waals surface area contributed by atoms with Gasteiger partial charge in [0, 0.05) is 0 Å². The maximum absolute atomic E-state index is 10.1. The van der Waals surface area contributed by atoms with Gasteiger partial charge in [0.1, 0.15) is 0 Å². The normalized spacial score (nSPS) is 19.7. The van der Waals surface area contributed by atoms with Crippen LogP contribution in [-0.4, -0.2) is 23.8 Å². The molecule has 0 heterocycles. The predicted molar refractivity (Wildman–Crippen MR) is 40.4 cm³/mol. The quantitative estimate of drug-likeness (QED) is 0.655. The zero-order valence-electron chi connectivity index (χ0n) is 6.75. The molecule has 0 aromatic heterocycles. The third kappa shape index (κ3) is 3.37. The van der Waals surface area contributed by atoms with E-state index in [9.17, 15) is 4.79 Å². The Bertz CT molecular complexity index is 140. The van der Waals surface area contributed by atoms with Crippen LogP contribution in [0.4, 0.5) is 0 Å². The molecule has 0 amide bonds. The molecule has 64 valence electrons. The number of carboxylic acids is 1. The summed E-state index contributed by atoms with van der Waals surface area (Å²) in [5, 5.41) is 8.30. The number of carbonyl (C=O) groups is 1. The van der Waals surface area contributed by atoms with Gasteiger partial charge in [0.2, 0.25) is 0 Å². The summed E-state index contributed by atoms with van der Waals surface area (Å²) < 4.78 is 5.30. The van der Waals surface area contributed by atoms with Crippen LogP contribution < -0.4 is 0 Å². The third-order valence-electron chi connectivity index (χ3n) is 1.98. The first kappa shape index (κ1) is 8.53. The summed E-state index contributed by atoms with van der Waals surface area (Å²) >= 11 is 0. The molecule has 0 bridgehead atoms. The van der Waals surface area contributed by atoms with E-state index in [-0.39, 0.29) is 12.5 Å². The highest BCUT2D eigenvalue weighted by molar-refractivity contribution is 5.66. The van der Waals surface area contributed by atoms with Crippen molar-refractivity contribution in [1.82, 2.24) is 0 Å². The van der Waals surface area contributed by atoms with Gasteiger partial charge in [-0.3, -0.25) is 4.79 Å². The second kappa shape index (κ2) is 3.72. The molecule has 1 atom stereocenters. The van der Waals surface area contributed by atoms with Crippen LogP contribution >= 0.6 is 0 Å². The van der Waals surface area contributed by atoms with Gasteiger partial charge in [-0.05, 0) is 25.7 Å². The topological polar surface area (TPSA) is 46.5 Å². The third-order valence-corrected chi connectivity index (χ3v) is 1.98. The molecule has 0 aromatic carbocycles. The number of aliphatic carboxylic acids is 1. The van der Waals surface area contributed by atoms with E-state index in [1.807, 2.05) is 6.92 Å². The lowest BCUT2D eigenvalue weighted by Crippen LogP contribution is -2.13. The smallest absolute Gasteiger partial charge is 0.305 e. The maximum atomic E-state index is 10.1. The van der Waals surface area contributed by atoms with Gasteiger partial charge in [0.05, 0.1) is 19.1 Å². The molecule has 0 saturated heterocycles. The Hall–Kier alpha value is -0.570. The Balaban J connectivity index is 1.97. The number of hydrogen-bond donors (Lipinski definition) is 1. The predicted octanol–water partition coefficient (Wildman–Crippen LogP) is 1.28. The van der Waals surface area contributed by atoms with Crippen LogP contribution in [-0.2, 0) is 9.53 Å². The highest BCUT2D eigenvalue weighted by Crippen LogP contribution is 2.33. The molecule has 0 radical (unpaired) electrons. The zero-order chi connectivity index (χ0) is 8.27. The Morgan fingerprint density at radius 3 is 2.82 bits per heavy atom.